The zero-order valence-electron chi connectivity index (χ0n) is 17.2. The standard InChI is InChI=1S/C25H26N2O2/c1-16-9-12-19(13-10-16)27-25(18-11-14-22(28-3)23(15-18)29-4)24-17(2)26-21-8-6-5-7-20(21)24/h5-15,25-27H,1-4H3. The number of hydrogen-bond acceptors (Lipinski definition) is 3. The fourth-order valence-corrected chi connectivity index (χ4v) is 3.84. The van der Waals surface area contributed by atoms with Crippen LogP contribution < -0.4 is 14.8 Å². The molecule has 1 heterocycles. The molecule has 0 saturated carbocycles. The molecular weight excluding hydrogens is 360 g/mol. The predicted molar refractivity (Wildman–Crippen MR) is 119 cm³/mol. The second-order valence-corrected chi connectivity index (χ2v) is 7.27. The smallest absolute Gasteiger partial charge is 0.161 e. The first-order chi connectivity index (χ1) is 14.1. The van der Waals surface area contributed by atoms with Gasteiger partial charge in [0.05, 0.1) is 20.3 Å². The fourth-order valence-electron chi connectivity index (χ4n) is 3.84. The first kappa shape index (κ1) is 18.9. The van der Waals surface area contributed by atoms with Gasteiger partial charge in [0, 0.05) is 27.8 Å². The summed E-state index contributed by atoms with van der Waals surface area (Å²) in [7, 11) is 3.32. The van der Waals surface area contributed by atoms with E-state index in [-0.39, 0.29) is 6.04 Å². The van der Waals surface area contributed by atoms with Crippen LogP contribution in [0.1, 0.15) is 28.4 Å². The molecule has 4 heteroatoms. The second-order valence-electron chi connectivity index (χ2n) is 7.27. The topological polar surface area (TPSA) is 46.3 Å². The molecule has 0 aliphatic rings. The molecule has 0 spiro atoms. The van der Waals surface area contributed by atoms with E-state index in [1.54, 1.807) is 14.2 Å². The number of rotatable bonds is 6. The fraction of sp³-hybridized carbons (Fsp3) is 0.200. The van der Waals surface area contributed by atoms with Crippen molar-refractivity contribution in [1.82, 2.24) is 4.98 Å². The van der Waals surface area contributed by atoms with E-state index in [0.29, 0.717) is 0 Å². The van der Waals surface area contributed by atoms with Crippen LogP contribution in [0, 0.1) is 13.8 Å². The van der Waals surface area contributed by atoms with Crippen molar-refractivity contribution in [3.8, 4) is 11.5 Å². The Morgan fingerprint density at radius 2 is 1.55 bits per heavy atom. The summed E-state index contributed by atoms with van der Waals surface area (Å²) in [4.78, 5) is 3.53. The monoisotopic (exact) mass is 386 g/mol. The largest absolute Gasteiger partial charge is 0.493 e. The van der Waals surface area contributed by atoms with Crippen LogP contribution in [0.5, 0.6) is 11.5 Å². The molecule has 4 rings (SSSR count). The lowest BCUT2D eigenvalue weighted by molar-refractivity contribution is 0.354. The Morgan fingerprint density at radius 1 is 0.828 bits per heavy atom. The molecule has 2 N–H and O–H groups in total. The zero-order chi connectivity index (χ0) is 20.4. The highest BCUT2D eigenvalue weighted by atomic mass is 16.5. The van der Waals surface area contributed by atoms with Gasteiger partial charge in [-0.15, -0.1) is 0 Å². The minimum absolute atomic E-state index is 0.0475. The lowest BCUT2D eigenvalue weighted by Crippen LogP contribution is -2.13. The number of ether oxygens (including phenoxy) is 2. The summed E-state index contributed by atoms with van der Waals surface area (Å²) in [5.74, 6) is 1.44. The van der Waals surface area contributed by atoms with Crippen molar-refractivity contribution < 1.29 is 9.47 Å². The Bertz CT molecular complexity index is 1130. The highest BCUT2D eigenvalue weighted by Crippen LogP contribution is 2.38. The molecular formula is C25H26N2O2. The number of para-hydroxylation sites is 1. The van der Waals surface area contributed by atoms with Gasteiger partial charge in [-0.05, 0) is 49.7 Å². The number of aromatic amines is 1. The Labute approximate surface area is 171 Å². The van der Waals surface area contributed by atoms with Crippen LogP contribution in [0.4, 0.5) is 5.69 Å². The molecule has 0 bridgehead atoms. The SMILES string of the molecule is COc1ccc(C(Nc2ccc(C)cc2)c2c(C)[nH]c3ccccc23)cc1OC. The minimum Gasteiger partial charge on any atom is -0.493 e. The summed E-state index contributed by atoms with van der Waals surface area (Å²) >= 11 is 0. The van der Waals surface area contributed by atoms with Gasteiger partial charge in [-0.3, -0.25) is 0 Å². The number of methoxy groups -OCH3 is 2. The molecule has 29 heavy (non-hydrogen) atoms. The number of anilines is 1. The van der Waals surface area contributed by atoms with E-state index in [4.69, 9.17) is 9.47 Å². The van der Waals surface area contributed by atoms with Crippen LogP contribution in [0.15, 0.2) is 66.7 Å². The first-order valence-electron chi connectivity index (χ1n) is 9.73. The Hall–Kier alpha value is -3.40. The first-order valence-corrected chi connectivity index (χ1v) is 9.73. The number of benzene rings is 3. The maximum absolute atomic E-state index is 5.57. The predicted octanol–water partition coefficient (Wildman–Crippen LogP) is 6.00. The van der Waals surface area contributed by atoms with Gasteiger partial charge in [0.2, 0.25) is 0 Å². The van der Waals surface area contributed by atoms with Gasteiger partial charge < -0.3 is 19.8 Å². The Kier molecular flexibility index (Phi) is 5.17. The lowest BCUT2D eigenvalue weighted by atomic mass is 9.95. The van der Waals surface area contributed by atoms with E-state index >= 15 is 0 Å². The average molecular weight is 386 g/mol. The zero-order valence-corrected chi connectivity index (χ0v) is 17.2. The molecule has 3 aromatic carbocycles. The summed E-state index contributed by atoms with van der Waals surface area (Å²) in [6, 6.07) is 22.9. The van der Waals surface area contributed by atoms with E-state index in [9.17, 15) is 0 Å². The third-order valence-corrected chi connectivity index (χ3v) is 5.34. The normalized spacial score (nSPS) is 12.0. The molecule has 0 saturated heterocycles. The quantitative estimate of drug-likeness (QED) is 0.427. The van der Waals surface area contributed by atoms with Gasteiger partial charge >= 0.3 is 0 Å². The molecule has 0 aliphatic heterocycles. The molecule has 4 nitrogen and oxygen atoms in total. The van der Waals surface area contributed by atoms with Gasteiger partial charge in [-0.2, -0.15) is 0 Å². The number of H-pyrrole nitrogens is 1. The number of nitrogens with one attached hydrogen (secondary N) is 2. The van der Waals surface area contributed by atoms with Crippen molar-refractivity contribution in [2.24, 2.45) is 0 Å². The van der Waals surface area contributed by atoms with Gasteiger partial charge in [0.15, 0.2) is 11.5 Å². The average Bonchev–Trinajstić information content (AvgIpc) is 3.08. The van der Waals surface area contributed by atoms with Crippen LogP contribution in [-0.4, -0.2) is 19.2 Å². The molecule has 1 aromatic heterocycles. The van der Waals surface area contributed by atoms with E-state index in [2.05, 4.69) is 78.7 Å². The van der Waals surface area contributed by atoms with Crippen LogP contribution in [0.25, 0.3) is 10.9 Å². The number of hydrogen-bond donors (Lipinski definition) is 2. The van der Waals surface area contributed by atoms with Crippen LogP contribution in [0.3, 0.4) is 0 Å². The summed E-state index contributed by atoms with van der Waals surface area (Å²) in [5, 5.41) is 4.94. The summed E-state index contributed by atoms with van der Waals surface area (Å²) in [6.45, 7) is 4.22. The summed E-state index contributed by atoms with van der Waals surface area (Å²) in [5.41, 5.74) is 6.92. The van der Waals surface area contributed by atoms with Crippen LogP contribution in [-0.2, 0) is 0 Å². The summed E-state index contributed by atoms with van der Waals surface area (Å²) in [6.07, 6.45) is 0. The van der Waals surface area contributed by atoms with E-state index in [1.807, 2.05) is 12.1 Å². The molecule has 4 aromatic rings. The molecule has 0 aliphatic carbocycles. The van der Waals surface area contributed by atoms with Crippen molar-refractivity contribution in [2.45, 2.75) is 19.9 Å². The third-order valence-electron chi connectivity index (χ3n) is 5.34. The van der Waals surface area contributed by atoms with Crippen molar-refractivity contribution in [3.05, 3.63) is 89.1 Å². The van der Waals surface area contributed by atoms with Gasteiger partial charge in [0.25, 0.3) is 0 Å². The van der Waals surface area contributed by atoms with Crippen molar-refractivity contribution in [2.75, 3.05) is 19.5 Å². The van der Waals surface area contributed by atoms with Crippen molar-refractivity contribution >= 4 is 16.6 Å². The highest BCUT2D eigenvalue weighted by Gasteiger charge is 2.22. The highest BCUT2D eigenvalue weighted by molar-refractivity contribution is 5.86. The number of aromatic nitrogens is 1. The maximum Gasteiger partial charge on any atom is 0.161 e. The Balaban J connectivity index is 1.87. The maximum atomic E-state index is 5.57. The lowest BCUT2D eigenvalue weighted by Gasteiger charge is -2.23. The minimum atomic E-state index is -0.0475. The van der Waals surface area contributed by atoms with Crippen molar-refractivity contribution in [3.63, 3.8) is 0 Å². The van der Waals surface area contributed by atoms with E-state index < -0.39 is 0 Å². The number of fused-ring (bicyclic) bond motifs is 1. The van der Waals surface area contributed by atoms with Crippen LogP contribution >= 0.6 is 0 Å². The van der Waals surface area contributed by atoms with E-state index in [1.165, 1.54) is 16.5 Å². The molecule has 0 amide bonds. The molecule has 0 radical (unpaired) electrons. The summed E-state index contributed by atoms with van der Waals surface area (Å²) < 4.78 is 11.0. The molecule has 1 unspecified atom stereocenters. The number of aryl methyl sites for hydroxylation is 2. The van der Waals surface area contributed by atoms with Crippen LogP contribution in [0.2, 0.25) is 0 Å². The third kappa shape index (κ3) is 3.66. The van der Waals surface area contributed by atoms with Gasteiger partial charge in [0.1, 0.15) is 0 Å². The second kappa shape index (κ2) is 7.92. The molecule has 0 fully saturated rings. The molecule has 1 atom stereocenters. The Morgan fingerprint density at radius 3 is 2.28 bits per heavy atom. The van der Waals surface area contributed by atoms with Crippen molar-refractivity contribution in [1.29, 1.82) is 0 Å². The van der Waals surface area contributed by atoms with Gasteiger partial charge in [-0.1, -0.05) is 42.0 Å². The molecule has 148 valence electrons. The van der Waals surface area contributed by atoms with E-state index in [0.717, 1.165) is 34.0 Å². The van der Waals surface area contributed by atoms with Gasteiger partial charge in [-0.25, -0.2) is 0 Å².